The molecule has 1 aromatic rings. The Hall–Kier alpha value is -1.22. The van der Waals surface area contributed by atoms with E-state index in [9.17, 15) is 0 Å². The fourth-order valence-electron chi connectivity index (χ4n) is 2.79. The van der Waals surface area contributed by atoms with E-state index in [0.717, 1.165) is 38.4 Å². The summed E-state index contributed by atoms with van der Waals surface area (Å²) in [5, 5.41) is 3.48. The van der Waals surface area contributed by atoms with Crippen LogP contribution in [0, 0.1) is 0 Å². The molecular weight excluding hydrogens is 248 g/mol. The van der Waals surface area contributed by atoms with Gasteiger partial charge in [0.25, 0.3) is 0 Å². The van der Waals surface area contributed by atoms with Crippen molar-refractivity contribution in [2.45, 2.75) is 45.6 Å². The van der Waals surface area contributed by atoms with Gasteiger partial charge < -0.3 is 15.0 Å². The van der Waals surface area contributed by atoms with Gasteiger partial charge in [0.05, 0.1) is 12.3 Å². The molecule has 112 valence electrons. The second-order valence-corrected chi connectivity index (χ2v) is 5.60. The molecular formula is C17H28N2O. The van der Waals surface area contributed by atoms with Crippen molar-refractivity contribution in [3.63, 3.8) is 0 Å². The molecule has 0 saturated carbocycles. The molecule has 0 aliphatic carbocycles. The van der Waals surface area contributed by atoms with Crippen molar-refractivity contribution in [3.8, 4) is 5.75 Å². The first-order valence-electron chi connectivity index (χ1n) is 8.02. The minimum atomic E-state index is 0.571. The first-order valence-corrected chi connectivity index (χ1v) is 8.02. The fourth-order valence-corrected chi connectivity index (χ4v) is 2.79. The topological polar surface area (TPSA) is 24.5 Å². The van der Waals surface area contributed by atoms with E-state index in [4.69, 9.17) is 4.74 Å². The average molecular weight is 276 g/mol. The molecule has 3 heteroatoms. The van der Waals surface area contributed by atoms with E-state index in [0.29, 0.717) is 6.04 Å². The van der Waals surface area contributed by atoms with E-state index in [1.165, 1.54) is 24.9 Å². The Morgan fingerprint density at radius 2 is 2.15 bits per heavy atom. The summed E-state index contributed by atoms with van der Waals surface area (Å²) < 4.78 is 5.83. The lowest BCUT2D eigenvalue weighted by Gasteiger charge is -2.30. The average Bonchev–Trinajstić information content (AvgIpc) is 2.69. The van der Waals surface area contributed by atoms with Gasteiger partial charge in [-0.2, -0.15) is 0 Å². The van der Waals surface area contributed by atoms with Crippen LogP contribution in [-0.2, 0) is 0 Å². The van der Waals surface area contributed by atoms with Crippen LogP contribution in [0.1, 0.15) is 39.5 Å². The normalized spacial score (nSPS) is 16.2. The molecule has 0 bridgehead atoms. The highest BCUT2D eigenvalue weighted by molar-refractivity contribution is 5.59. The first-order chi connectivity index (χ1) is 9.83. The molecule has 0 aromatic heterocycles. The van der Waals surface area contributed by atoms with E-state index in [1.807, 2.05) is 0 Å². The molecule has 20 heavy (non-hydrogen) atoms. The summed E-state index contributed by atoms with van der Waals surface area (Å²) in [6, 6.07) is 9.01. The van der Waals surface area contributed by atoms with Gasteiger partial charge in [0, 0.05) is 12.6 Å². The van der Waals surface area contributed by atoms with Crippen LogP contribution in [0.5, 0.6) is 5.75 Å². The Kier molecular flexibility index (Phi) is 6.19. The second kappa shape index (κ2) is 8.15. The highest BCUT2D eigenvalue weighted by atomic mass is 16.5. The summed E-state index contributed by atoms with van der Waals surface area (Å²) in [7, 11) is 0. The number of ether oxygens (including phenoxy) is 1. The Bertz CT molecular complexity index is 394. The van der Waals surface area contributed by atoms with E-state index in [2.05, 4.69) is 48.3 Å². The maximum atomic E-state index is 5.83. The smallest absolute Gasteiger partial charge is 0.142 e. The lowest BCUT2D eigenvalue weighted by Crippen LogP contribution is -2.34. The summed E-state index contributed by atoms with van der Waals surface area (Å²) >= 11 is 0. The second-order valence-electron chi connectivity index (χ2n) is 5.60. The van der Waals surface area contributed by atoms with Gasteiger partial charge in [-0.3, -0.25) is 0 Å². The first kappa shape index (κ1) is 15.2. The molecule has 1 heterocycles. The third-order valence-corrected chi connectivity index (χ3v) is 3.91. The molecule has 1 aromatic carbocycles. The van der Waals surface area contributed by atoms with E-state index in [-0.39, 0.29) is 0 Å². The van der Waals surface area contributed by atoms with Gasteiger partial charge in [-0.05, 0) is 57.8 Å². The predicted molar refractivity (Wildman–Crippen MR) is 85.8 cm³/mol. The van der Waals surface area contributed by atoms with Crippen molar-refractivity contribution in [2.75, 3.05) is 31.1 Å². The van der Waals surface area contributed by atoms with Crippen molar-refractivity contribution < 1.29 is 4.74 Å². The molecule has 0 radical (unpaired) electrons. The number of anilines is 1. The number of para-hydroxylation sites is 2. The molecule has 1 aliphatic rings. The van der Waals surface area contributed by atoms with Gasteiger partial charge in [0.1, 0.15) is 5.75 Å². The number of nitrogens with zero attached hydrogens (tertiary/aromatic N) is 1. The molecule has 1 N–H and O–H groups in total. The summed E-state index contributed by atoms with van der Waals surface area (Å²) in [6.07, 6.45) is 4.78. The monoisotopic (exact) mass is 276 g/mol. The number of hydrogen-bond donors (Lipinski definition) is 1. The lowest BCUT2D eigenvalue weighted by molar-refractivity contribution is 0.322. The molecule has 3 nitrogen and oxygen atoms in total. The maximum Gasteiger partial charge on any atom is 0.142 e. The minimum absolute atomic E-state index is 0.571. The summed E-state index contributed by atoms with van der Waals surface area (Å²) in [5.41, 5.74) is 1.26. The number of benzene rings is 1. The highest BCUT2D eigenvalue weighted by Crippen LogP contribution is 2.32. The molecule has 0 fully saturated rings. The molecule has 1 atom stereocenters. The van der Waals surface area contributed by atoms with E-state index < -0.39 is 0 Å². The van der Waals surface area contributed by atoms with Gasteiger partial charge in [-0.25, -0.2) is 0 Å². The van der Waals surface area contributed by atoms with Gasteiger partial charge >= 0.3 is 0 Å². The third-order valence-electron chi connectivity index (χ3n) is 3.91. The van der Waals surface area contributed by atoms with E-state index >= 15 is 0 Å². The van der Waals surface area contributed by atoms with Gasteiger partial charge in [-0.1, -0.05) is 19.1 Å². The van der Waals surface area contributed by atoms with E-state index in [1.54, 1.807) is 0 Å². The molecule has 1 aliphatic heterocycles. The largest absolute Gasteiger partial charge is 0.491 e. The SMILES string of the molecule is CCCNCCCC(C)N1CCCOc2ccccc21. The van der Waals surface area contributed by atoms with Gasteiger partial charge in [0.2, 0.25) is 0 Å². The third kappa shape index (κ3) is 4.14. The van der Waals surface area contributed by atoms with Crippen LogP contribution in [-0.4, -0.2) is 32.3 Å². The fraction of sp³-hybridized carbons (Fsp3) is 0.647. The van der Waals surface area contributed by atoms with Crippen molar-refractivity contribution in [1.29, 1.82) is 0 Å². The molecule has 2 rings (SSSR count). The molecule has 0 spiro atoms. The van der Waals surface area contributed by atoms with Crippen molar-refractivity contribution in [3.05, 3.63) is 24.3 Å². The van der Waals surface area contributed by atoms with Crippen LogP contribution in [0.2, 0.25) is 0 Å². The zero-order valence-electron chi connectivity index (χ0n) is 12.9. The van der Waals surface area contributed by atoms with Crippen LogP contribution in [0.15, 0.2) is 24.3 Å². The van der Waals surface area contributed by atoms with Gasteiger partial charge in [0.15, 0.2) is 0 Å². The standard InChI is InChI=1S/C17H28N2O/c1-3-11-18-12-6-8-15(2)19-13-7-14-20-17-10-5-4-9-16(17)19/h4-5,9-10,15,18H,3,6-8,11-14H2,1-2H3. The zero-order valence-corrected chi connectivity index (χ0v) is 12.9. The van der Waals surface area contributed by atoms with Gasteiger partial charge in [-0.15, -0.1) is 0 Å². The van der Waals surface area contributed by atoms with Crippen LogP contribution in [0.3, 0.4) is 0 Å². The van der Waals surface area contributed by atoms with Crippen LogP contribution < -0.4 is 15.0 Å². The Labute approximate surface area is 123 Å². The van der Waals surface area contributed by atoms with Crippen LogP contribution >= 0.6 is 0 Å². The number of nitrogens with one attached hydrogen (secondary N) is 1. The van der Waals surface area contributed by atoms with Crippen molar-refractivity contribution in [2.24, 2.45) is 0 Å². The number of hydrogen-bond acceptors (Lipinski definition) is 3. The summed E-state index contributed by atoms with van der Waals surface area (Å²) in [4.78, 5) is 2.52. The minimum Gasteiger partial charge on any atom is -0.491 e. The number of fused-ring (bicyclic) bond motifs is 1. The number of rotatable bonds is 7. The summed E-state index contributed by atoms with van der Waals surface area (Å²) in [5.74, 6) is 1.04. The maximum absolute atomic E-state index is 5.83. The molecule has 0 amide bonds. The van der Waals surface area contributed by atoms with Crippen molar-refractivity contribution >= 4 is 5.69 Å². The van der Waals surface area contributed by atoms with Crippen LogP contribution in [0.4, 0.5) is 5.69 Å². The molecule has 0 saturated heterocycles. The quantitative estimate of drug-likeness (QED) is 0.772. The lowest BCUT2D eigenvalue weighted by atomic mass is 10.1. The Balaban J connectivity index is 1.90. The van der Waals surface area contributed by atoms with Crippen molar-refractivity contribution in [1.82, 2.24) is 5.32 Å². The molecule has 1 unspecified atom stereocenters. The predicted octanol–water partition coefficient (Wildman–Crippen LogP) is 3.44. The highest BCUT2D eigenvalue weighted by Gasteiger charge is 2.20. The summed E-state index contributed by atoms with van der Waals surface area (Å²) in [6.45, 7) is 8.74. The zero-order chi connectivity index (χ0) is 14.2. The van der Waals surface area contributed by atoms with Crippen LogP contribution in [0.25, 0.3) is 0 Å². The Morgan fingerprint density at radius 3 is 3.00 bits per heavy atom. The Morgan fingerprint density at radius 1 is 1.30 bits per heavy atom.